The number of methoxy groups -OCH3 is 1. The van der Waals surface area contributed by atoms with E-state index in [0.29, 0.717) is 17.1 Å². The van der Waals surface area contributed by atoms with Gasteiger partial charge >= 0.3 is 5.97 Å². The quantitative estimate of drug-likeness (QED) is 0.375. The topological polar surface area (TPSA) is 94.9 Å². The van der Waals surface area contributed by atoms with Crippen LogP contribution in [-0.4, -0.2) is 40.9 Å². The summed E-state index contributed by atoms with van der Waals surface area (Å²) in [5.41, 5.74) is 1.50. The van der Waals surface area contributed by atoms with Gasteiger partial charge in [-0.1, -0.05) is 30.3 Å². The van der Waals surface area contributed by atoms with Gasteiger partial charge in [-0.05, 0) is 24.3 Å². The third-order valence-electron chi connectivity index (χ3n) is 4.38. The number of carbonyl (C=O) groups excluding carboxylic acids is 1. The van der Waals surface area contributed by atoms with Crippen LogP contribution in [0.25, 0.3) is 16.9 Å². The predicted octanol–water partition coefficient (Wildman–Crippen LogP) is 2.93. The van der Waals surface area contributed by atoms with Crippen LogP contribution >= 0.6 is 0 Å². The monoisotopic (exact) mass is 405 g/mol. The molecule has 2 aromatic carbocycles. The largest absolute Gasteiger partial charge is 0.497 e. The van der Waals surface area contributed by atoms with E-state index in [2.05, 4.69) is 10.1 Å². The summed E-state index contributed by atoms with van der Waals surface area (Å²) in [6.45, 7) is 0.243. The molecule has 0 unspecified atom stereocenters. The number of H-pyrrole nitrogens is 1. The van der Waals surface area contributed by atoms with E-state index >= 15 is 0 Å². The Morgan fingerprint density at radius 1 is 1.00 bits per heavy atom. The summed E-state index contributed by atoms with van der Waals surface area (Å²) in [6, 6.07) is 19.3. The van der Waals surface area contributed by atoms with Crippen LogP contribution in [0, 0.1) is 0 Å². The summed E-state index contributed by atoms with van der Waals surface area (Å²) in [5, 5.41) is 2.73. The molecule has 152 valence electrons. The molecular formula is C22H19N3O5. The minimum atomic E-state index is -0.598. The molecule has 2 aromatic heterocycles. The third kappa shape index (κ3) is 4.17. The zero-order valence-electron chi connectivity index (χ0n) is 16.2. The summed E-state index contributed by atoms with van der Waals surface area (Å²) in [7, 11) is 1.59. The van der Waals surface area contributed by atoms with Crippen LogP contribution < -0.4 is 15.0 Å². The van der Waals surface area contributed by atoms with Gasteiger partial charge in [0.25, 0.3) is 5.56 Å². The van der Waals surface area contributed by atoms with E-state index < -0.39 is 5.97 Å². The lowest BCUT2D eigenvalue weighted by molar-refractivity contribution is 0.0443. The van der Waals surface area contributed by atoms with Gasteiger partial charge in [0.2, 0.25) is 0 Å². The third-order valence-corrected chi connectivity index (χ3v) is 4.38. The highest BCUT2D eigenvalue weighted by atomic mass is 16.6. The van der Waals surface area contributed by atoms with Crippen LogP contribution in [0.15, 0.2) is 71.5 Å². The standard InChI is InChI=1S/C22H19N3O5/c1-28-16-7-9-17(10-8-16)29-11-12-30-22(27)19-13-20-23-18(14-21(26)25(20)24-19)15-5-3-2-4-6-15/h2-10,13-14,24H,11-12H2,1H3. The smallest absolute Gasteiger partial charge is 0.356 e. The maximum Gasteiger partial charge on any atom is 0.356 e. The average molecular weight is 405 g/mol. The number of aromatic nitrogens is 3. The second kappa shape index (κ2) is 8.52. The van der Waals surface area contributed by atoms with Gasteiger partial charge in [-0.25, -0.2) is 14.3 Å². The summed E-state index contributed by atoms with van der Waals surface area (Å²) in [5.74, 6) is 0.771. The van der Waals surface area contributed by atoms with E-state index in [-0.39, 0.29) is 24.5 Å². The SMILES string of the molecule is COc1ccc(OCCOC(=O)c2cc3nc(-c4ccccc4)cc(=O)n3[nH]2)cc1. The first-order valence-electron chi connectivity index (χ1n) is 9.26. The number of carbonyl (C=O) groups is 1. The first-order valence-corrected chi connectivity index (χ1v) is 9.26. The Kier molecular flexibility index (Phi) is 5.47. The molecule has 4 aromatic rings. The van der Waals surface area contributed by atoms with Gasteiger partial charge in [0.05, 0.1) is 12.8 Å². The molecule has 0 atom stereocenters. The fourth-order valence-corrected chi connectivity index (χ4v) is 2.90. The molecule has 2 heterocycles. The van der Waals surface area contributed by atoms with E-state index in [4.69, 9.17) is 14.2 Å². The number of ether oxygens (including phenoxy) is 3. The molecular weight excluding hydrogens is 386 g/mol. The van der Waals surface area contributed by atoms with Gasteiger partial charge in [0, 0.05) is 17.7 Å². The first kappa shape index (κ1) is 19.3. The van der Waals surface area contributed by atoms with Crippen molar-refractivity contribution in [1.82, 2.24) is 14.6 Å². The highest BCUT2D eigenvalue weighted by Crippen LogP contribution is 2.17. The molecule has 8 heteroatoms. The van der Waals surface area contributed by atoms with Crippen LogP contribution in [0.3, 0.4) is 0 Å². The van der Waals surface area contributed by atoms with Crippen molar-refractivity contribution in [2.75, 3.05) is 20.3 Å². The fraction of sp³-hybridized carbons (Fsp3) is 0.136. The Balaban J connectivity index is 1.40. The molecule has 0 fully saturated rings. The van der Waals surface area contributed by atoms with E-state index in [9.17, 15) is 9.59 Å². The number of rotatable bonds is 7. The van der Waals surface area contributed by atoms with Crippen molar-refractivity contribution >= 4 is 11.6 Å². The minimum absolute atomic E-state index is 0.0534. The van der Waals surface area contributed by atoms with E-state index in [1.54, 1.807) is 31.4 Å². The molecule has 0 amide bonds. The van der Waals surface area contributed by atoms with Crippen molar-refractivity contribution in [3.63, 3.8) is 0 Å². The second-order valence-electron chi connectivity index (χ2n) is 6.37. The van der Waals surface area contributed by atoms with Crippen LogP contribution in [0.5, 0.6) is 11.5 Å². The lowest BCUT2D eigenvalue weighted by Gasteiger charge is -2.07. The Bertz CT molecular complexity index is 1210. The highest BCUT2D eigenvalue weighted by Gasteiger charge is 2.14. The Morgan fingerprint density at radius 3 is 2.47 bits per heavy atom. The summed E-state index contributed by atoms with van der Waals surface area (Å²) in [6.07, 6.45) is 0. The summed E-state index contributed by atoms with van der Waals surface area (Å²) < 4.78 is 17.0. The number of hydrogen-bond acceptors (Lipinski definition) is 6. The first-order chi connectivity index (χ1) is 14.6. The van der Waals surface area contributed by atoms with Gasteiger partial charge in [-0.15, -0.1) is 0 Å². The van der Waals surface area contributed by atoms with E-state index in [0.717, 1.165) is 11.3 Å². The molecule has 0 radical (unpaired) electrons. The fourth-order valence-electron chi connectivity index (χ4n) is 2.90. The maximum absolute atomic E-state index is 12.4. The number of nitrogens with one attached hydrogen (secondary N) is 1. The maximum atomic E-state index is 12.4. The molecule has 0 saturated heterocycles. The van der Waals surface area contributed by atoms with Crippen LogP contribution in [0.2, 0.25) is 0 Å². The van der Waals surface area contributed by atoms with Crippen molar-refractivity contribution < 1.29 is 19.0 Å². The number of nitrogens with zero attached hydrogens (tertiary/aromatic N) is 2. The molecule has 0 bridgehead atoms. The van der Waals surface area contributed by atoms with E-state index in [1.165, 1.54) is 16.6 Å². The second-order valence-corrected chi connectivity index (χ2v) is 6.37. The Morgan fingerprint density at radius 2 is 1.73 bits per heavy atom. The lowest BCUT2D eigenvalue weighted by atomic mass is 10.1. The zero-order chi connectivity index (χ0) is 20.9. The molecule has 1 N–H and O–H groups in total. The number of esters is 1. The number of aromatic amines is 1. The minimum Gasteiger partial charge on any atom is -0.497 e. The predicted molar refractivity (Wildman–Crippen MR) is 110 cm³/mol. The summed E-state index contributed by atoms with van der Waals surface area (Å²) >= 11 is 0. The lowest BCUT2D eigenvalue weighted by Crippen LogP contribution is -2.16. The van der Waals surface area contributed by atoms with Crippen LogP contribution in [0.1, 0.15) is 10.5 Å². The van der Waals surface area contributed by atoms with Crippen molar-refractivity contribution in [2.24, 2.45) is 0 Å². The average Bonchev–Trinajstić information content (AvgIpc) is 3.23. The number of hydrogen-bond donors (Lipinski definition) is 1. The molecule has 0 aliphatic rings. The highest BCUT2D eigenvalue weighted by molar-refractivity contribution is 5.88. The van der Waals surface area contributed by atoms with Crippen molar-refractivity contribution in [3.05, 3.63) is 82.8 Å². The normalized spacial score (nSPS) is 10.7. The zero-order valence-corrected chi connectivity index (χ0v) is 16.2. The van der Waals surface area contributed by atoms with Crippen molar-refractivity contribution in [3.8, 4) is 22.8 Å². The Labute approximate surface area is 171 Å². The molecule has 30 heavy (non-hydrogen) atoms. The number of fused-ring (bicyclic) bond motifs is 1. The van der Waals surface area contributed by atoms with Gasteiger partial charge in [-0.3, -0.25) is 9.89 Å². The van der Waals surface area contributed by atoms with Crippen molar-refractivity contribution in [2.45, 2.75) is 0 Å². The molecule has 8 nitrogen and oxygen atoms in total. The van der Waals surface area contributed by atoms with Crippen molar-refractivity contribution in [1.29, 1.82) is 0 Å². The van der Waals surface area contributed by atoms with Crippen LogP contribution in [-0.2, 0) is 4.74 Å². The molecule has 0 spiro atoms. The number of benzene rings is 2. The van der Waals surface area contributed by atoms with E-state index in [1.807, 2.05) is 30.3 Å². The van der Waals surface area contributed by atoms with Crippen LogP contribution in [0.4, 0.5) is 0 Å². The molecule has 4 rings (SSSR count). The molecule has 0 saturated carbocycles. The summed E-state index contributed by atoms with van der Waals surface area (Å²) in [4.78, 5) is 29.1. The Hall–Kier alpha value is -4.07. The van der Waals surface area contributed by atoms with Gasteiger partial charge < -0.3 is 14.2 Å². The van der Waals surface area contributed by atoms with Gasteiger partial charge in [0.15, 0.2) is 5.65 Å². The molecule has 0 aliphatic heterocycles. The molecule has 0 aliphatic carbocycles. The van der Waals surface area contributed by atoms with Gasteiger partial charge in [0.1, 0.15) is 30.4 Å². The van der Waals surface area contributed by atoms with Gasteiger partial charge in [-0.2, -0.15) is 0 Å².